The Morgan fingerprint density at radius 2 is 1.83 bits per heavy atom. The Morgan fingerprint density at radius 1 is 1.00 bits per heavy atom. The summed E-state index contributed by atoms with van der Waals surface area (Å²) in [5, 5.41) is 3.51. The summed E-state index contributed by atoms with van der Waals surface area (Å²) in [5.74, 6) is 4.45. The van der Waals surface area contributed by atoms with Crippen LogP contribution in [0.15, 0.2) is 0 Å². The van der Waals surface area contributed by atoms with Gasteiger partial charge in [-0.15, -0.1) is 0 Å². The minimum absolute atomic E-state index is 0.884. The lowest BCUT2D eigenvalue weighted by Gasteiger charge is -2.31. The molecule has 0 heterocycles. The molecule has 1 N–H and O–H groups in total. The zero-order valence-corrected chi connectivity index (χ0v) is 7.92. The topological polar surface area (TPSA) is 12.0 Å². The second-order valence-corrected chi connectivity index (χ2v) is 5.05. The SMILES string of the molecule is CNC1CC2CC1C1CCCC21. The van der Waals surface area contributed by atoms with Crippen molar-refractivity contribution < 1.29 is 0 Å². The minimum atomic E-state index is 0.884. The Balaban J connectivity index is 1.83. The largest absolute Gasteiger partial charge is 0.317 e. The first-order valence-corrected chi connectivity index (χ1v) is 5.57. The summed E-state index contributed by atoms with van der Waals surface area (Å²) in [6.45, 7) is 0. The van der Waals surface area contributed by atoms with E-state index in [1.54, 1.807) is 19.3 Å². The number of hydrogen-bond acceptors (Lipinski definition) is 1. The Bertz CT molecular complexity index is 187. The molecule has 0 aromatic rings. The van der Waals surface area contributed by atoms with Crippen LogP contribution >= 0.6 is 0 Å². The summed E-state index contributed by atoms with van der Waals surface area (Å²) >= 11 is 0. The van der Waals surface area contributed by atoms with Crippen LogP contribution in [0.25, 0.3) is 0 Å². The molecule has 3 aliphatic carbocycles. The second-order valence-electron chi connectivity index (χ2n) is 5.05. The van der Waals surface area contributed by atoms with Gasteiger partial charge in [-0.3, -0.25) is 0 Å². The normalized spacial score (nSPS) is 56.2. The minimum Gasteiger partial charge on any atom is -0.317 e. The van der Waals surface area contributed by atoms with E-state index in [0.717, 1.165) is 29.7 Å². The first-order valence-electron chi connectivity index (χ1n) is 5.57. The van der Waals surface area contributed by atoms with Crippen molar-refractivity contribution in [1.82, 2.24) is 5.32 Å². The van der Waals surface area contributed by atoms with Gasteiger partial charge >= 0.3 is 0 Å². The molecule has 0 aromatic carbocycles. The van der Waals surface area contributed by atoms with Crippen LogP contribution in [0.1, 0.15) is 32.1 Å². The molecular formula is C11H19N. The van der Waals surface area contributed by atoms with Gasteiger partial charge in [-0.05, 0) is 56.4 Å². The molecule has 0 aromatic heterocycles. The molecule has 0 radical (unpaired) electrons. The standard InChI is InChI=1S/C11H19N/c1-12-11-6-7-5-10(11)9-4-2-3-8(7)9/h7-12H,2-6H2,1H3. The monoisotopic (exact) mass is 165 g/mol. The smallest absolute Gasteiger partial charge is 0.00979 e. The third-order valence-electron chi connectivity index (χ3n) is 4.80. The summed E-state index contributed by atoms with van der Waals surface area (Å²) in [4.78, 5) is 0. The van der Waals surface area contributed by atoms with E-state index in [0.29, 0.717) is 0 Å². The van der Waals surface area contributed by atoms with Gasteiger partial charge in [-0.2, -0.15) is 0 Å². The molecule has 2 bridgehead atoms. The predicted octanol–water partition coefficient (Wildman–Crippen LogP) is 2.03. The van der Waals surface area contributed by atoms with Gasteiger partial charge in [-0.25, -0.2) is 0 Å². The van der Waals surface area contributed by atoms with Crippen LogP contribution in [0.2, 0.25) is 0 Å². The summed E-state index contributed by atoms with van der Waals surface area (Å²) in [6, 6.07) is 0.884. The molecular weight excluding hydrogens is 146 g/mol. The zero-order valence-electron chi connectivity index (χ0n) is 7.92. The predicted molar refractivity (Wildman–Crippen MR) is 49.9 cm³/mol. The molecule has 3 saturated carbocycles. The Hall–Kier alpha value is -0.0400. The van der Waals surface area contributed by atoms with Gasteiger partial charge in [0.1, 0.15) is 0 Å². The third-order valence-corrected chi connectivity index (χ3v) is 4.80. The zero-order chi connectivity index (χ0) is 8.13. The fraction of sp³-hybridized carbons (Fsp3) is 1.00. The van der Waals surface area contributed by atoms with Gasteiger partial charge in [0, 0.05) is 6.04 Å². The maximum absolute atomic E-state index is 3.51. The molecule has 5 unspecified atom stereocenters. The quantitative estimate of drug-likeness (QED) is 0.627. The van der Waals surface area contributed by atoms with E-state index in [4.69, 9.17) is 0 Å². The van der Waals surface area contributed by atoms with E-state index in [1.807, 2.05) is 0 Å². The molecule has 3 fully saturated rings. The van der Waals surface area contributed by atoms with E-state index >= 15 is 0 Å². The van der Waals surface area contributed by atoms with E-state index in [1.165, 1.54) is 12.8 Å². The fourth-order valence-corrected chi connectivity index (χ4v) is 4.40. The summed E-state index contributed by atoms with van der Waals surface area (Å²) in [7, 11) is 2.15. The molecule has 3 rings (SSSR count). The van der Waals surface area contributed by atoms with Crippen LogP contribution in [0.3, 0.4) is 0 Å². The van der Waals surface area contributed by atoms with Crippen molar-refractivity contribution in [3.63, 3.8) is 0 Å². The van der Waals surface area contributed by atoms with Crippen molar-refractivity contribution in [3.05, 3.63) is 0 Å². The lowest BCUT2D eigenvalue weighted by molar-refractivity contribution is 0.215. The van der Waals surface area contributed by atoms with E-state index in [9.17, 15) is 0 Å². The molecule has 12 heavy (non-hydrogen) atoms. The van der Waals surface area contributed by atoms with Crippen LogP contribution in [-0.4, -0.2) is 13.1 Å². The van der Waals surface area contributed by atoms with E-state index in [-0.39, 0.29) is 0 Å². The summed E-state index contributed by atoms with van der Waals surface area (Å²) in [5.41, 5.74) is 0. The average Bonchev–Trinajstić information content (AvgIpc) is 2.75. The average molecular weight is 165 g/mol. The van der Waals surface area contributed by atoms with Crippen molar-refractivity contribution in [2.75, 3.05) is 7.05 Å². The first kappa shape index (κ1) is 7.37. The van der Waals surface area contributed by atoms with Gasteiger partial charge in [-0.1, -0.05) is 6.42 Å². The highest BCUT2D eigenvalue weighted by Crippen LogP contribution is 2.58. The third kappa shape index (κ3) is 0.783. The van der Waals surface area contributed by atoms with Gasteiger partial charge in [0.15, 0.2) is 0 Å². The highest BCUT2D eigenvalue weighted by atomic mass is 14.9. The summed E-state index contributed by atoms with van der Waals surface area (Å²) < 4.78 is 0. The highest BCUT2D eigenvalue weighted by Gasteiger charge is 2.53. The number of hydrogen-bond donors (Lipinski definition) is 1. The second kappa shape index (κ2) is 2.47. The lowest BCUT2D eigenvalue weighted by Crippen LogP contribution is -2.37. The van der Waals surface area contributed by atoms with Gasteiger partial charge in [0.05, 0.1) is 0 Å². The van der Waals surface area contributed by atoms with Crippen LogP contribution in [0.4, 0.5) is 0 Å². The van der Waals surface area contributed by atoms with Crippen LogP contribution in [0, 0.1) is 23.7 Å². The summed E-state index contributed by atoms with van der Waals surface area (Å²) in [6.07, 6.45) is 7.67. The molecule has 68 valence electrons. The molecule has 0 saturated heterocycles. The van der Waals surface area contributed by atoms with Crippen molar-refractivity contribution >= 4 is 0 Å². The molecule has 1 heteroatoms. The van der Waals surface area contributed by atoms with Crippen LogP contribution in [-0.2, 0) is 0 Å². The Kier molecular flexibility index (Phi) is 1.52. The maximum atomic E-state index is 3.51. The van der Waals surface area contributed by atoms with Crippen molar-refractivity contribution in [3.8, 4) is 0 Å². The van der Waals surface area contributed by atoms with Crippen molar-refractivity contribution in [1.29, 1.82) is 0 Å². The molecule has 0 aliphatic heterocycles. The van der Waals surface area contributed by atoms with Crippen LogP contribution in [0.5, 0.6) is 0 Å². The van der Waals surface area contributed by atoms with E-state index in [2.05, 4.69) is 12.4 Å². The fourth-order valence-electron chi connectivity index (χ4n) is 4.40. The molecule has 0 spiro atoms. The number of rotatable bonds is 1. The van der Waals surface area contributed by atoms with Gasteiger partial charge < -0.3 is 5.32 Å². The Morgan fingerprint density at radius 3 is 2.67 bits per heavy atom. The number of fused-ring (bicyclic) bond motifs is 5. The molecule has 3 aliphatic rings. The maximum Gasteiger partial charge on any atom is 0.00979 e. The number of nitrogens with one attached hydrogen (secondary N) is 1. The Labute approximate surface area is 74.9 Å². The van der Waals surface area contributed by atoms with Crippen molar-refractivity contribution in [2.45, 2.75) is 38.1 Å². The first-order chi connectivity index (χ1) is 5.90. The van der Waals surface area contributed by atoms with Crippen molar-refractivity contribution in [2.24, 2.45) is 23.7 Å². The molecule has 1 nitrogen and oxygen atoms in total. The van der Waals surface area contributed by atoms with Gasteiger partial charge in [0.2, 0.25) is 0 Å². The molecule has 5 atom stereocenters. The lowest BCUT2D eigenvalue weighted by atomic mass is 9.79. The molecule has 0 amide bonds. The highest BCUT2D eigenvalue weighted by molar-refractivity contribution is 5.05. The van der Waals surface area contributed by atoms with E-state index < -0.39 is 0 Å². The van der Waals surface area contributed by atoms with Gasteiger partial charge in [0.25, 0.3) is 0 Å². The van der Waals surface area contributed by atoms with Crippen LogP contribution < -0.4 is 5.32 Å².